The molecule has 0 aliphatic carbocycles. The Bertz CT molecular complexity index is 453. The number of nitrogens with one attached hydrogen (secondary N) is 1. The average Bonchev–Trinajstić information content (AvgIpc) is 2.32. The lowest BCUT2D eigenvalue weighted by atomic mass is 10.1. The van der Waals surface area contributed by atoms with E-state index in [1.165, 1.54) is 6.07 Å². The van der Waals surface area contributed by atoms with E-state index < -0.39 is 0 Å². The first-order valence-corrected chi connectivity index (χ1v) is 6.77. The number of halogens is 2. The molecule has 0 bridgehead atoms. The Balaban J connectivity index is 1.90. The Morgan fingerprint density at radius 3 is 3.00 bits per heavy atom. The number of likely N-dealkylation sites (tertiary alicyclic amines) is 1. The number of hydrogen-bond donors (Lipinski definition) is 1. The minimum absolute atomic E-state index is 0.183. The lowest BCUT2D eigenvalue weighted by Gasteiger charge is -2.30. The summed E-state index contributed by atoms with van der Waals surface area (Å²) in [5, 5.41) is 3.30. The van der Waals surface area contributed by atoms with Crippen LogP contribution in [-0.2, 0) is 11.3 Å². The van der Waals surface area contributed by atoms with Crippen molar-refractivity contribution >= 4 is 21.8 Å². The molecule has 18 heavy (non-hydrogen) atoms. The monoisotopic (exact) mass is 314 g/mol. The molecule has 1 atom stereocenters. The molecule has 3 nitrogen and oxygen atoms in total. The molecule has 5 heteroatoms. The van der Waals surface area contributed by atoms with Crippen LogP contribution < -0.4 is 5.32 Å². The normalized spacial score (nSPS) is 20.3. The van der Waals surface area contributed by atoms with E-state index in [0.29, 0.717) is 25.1 Å². The first-order valence-electron chi connectivity index (χ1n) is 5.97. The zero-order valence-corrected chi connectivity index (χ0v) is 11.8. The van der Waals surface area contributed by atoms with Crippen molar-refractivity contribution in [3.63, 3.8) is 0 Å². The number of benzene rings is 1. The average molecular weight is 315 g/mol. The molecule has 1 aliphatic heterocycles. The van der Waals surface area contributed by atoms with Crippen molar-refractivity contribution in [3.05, 3.63) is 34.1 Å². The molecule has 0 aromatic heterocycles. The van der Waals surface area contributed by atoms with Gasteiger partial charge in [-0.05, 0) is 18.6 Å². The van der Waals surface area contributed by atoms with Gasteiger partial charge in [0.05, 0.1) is 0 Å². The van der Waals surface area contributed by atoms with E-state index in [4.69, 9.17) is 0 Å². The van der Waals surface area contributed by atoms with Crippen LogP contribution in [0, 0.1) is 5.82 Å². The maximum atomic E-state index is 13.6. The highest BCUT2D eigenvalue weighted by molar-refractivity contribution is 9.10. The third-order valence-electron chi connectivity index (χ3n) is 3.22. The topological polar surface area (TPSA) is 32.3 Å². The predicted molar refractivity (Wildman–Crippen MR) is 71.6 cm³/mol. The second kappa shape index (κ2) is 5.80. The number of piperidine rings is 1. The number of nitrogens with zero attached hydrogens (tertiary/aromatic N) is 1. The van der Waals surface area contributed by atoms with Crippen LogP contribution in [0.2, 0.25) is 0 Å². The Morgan fingerprint density at radius 2 is 2.33 bits per heavy atom. The van der Waals surface area contributed by atoms with Crippen molar-refractivity contribution in [1.82, 2.24) is 10.2 Å². The van der Waals surface area contributed by atoms with Gasteiger partial charge in [-0.25, -0.2) is 4.39 Å². The van der Waals surface area contributed by atoms with Gasteiger partial charge in [-0.1, -0.05) is 22.0 Å². The van der Waals surface area contributed by atoms with Gasteiger partial charge in [0.1, 0.15) is 5.82 Å². The summed E-state index contributed by atoms with van der Waals surface area (Å²) in [5.41, 5.74) is 0.651. The Labute approximate surface area is 114 Å². The van der Waals surface area contributed by atoms with Crippen LogP contribution in [0.1, 0.15) is 18.4 Å². The van der Waals surface area contributed by atoms with Crippen LogP contribution in [-0.4, -0.2) is 30.4 Å². The summed E-state index contributed by atoms with van der Waals surface area (Å²) in [5.74, 6) is -0.0278. The minimum Gasteiger partial charge on any atom is -0.344 e. The summed E-state index contributed by atoms with van der Waals surface area (Å²) in [4.78, 5) is 13.1. The maximum Gasteiger partial charge on any atom is 0.222 e. The van der Waals surface area contributed by atoms with Crippen molar-refractivity contribution < 1.29 is 9.18 Å². The highest BCUT2D eigenvalue weighted by Gasteiger charge is 2.22. The minimum atomic E-state index is -0.211. The summed E-state index contributed by atoms with van der Waals surface area (Å²) in [6, 6.07) is 5.31. The van der Waals surface area contributed by atoms with E-state index in [2.05, 4.69) is 21.2 Å². The van der Waals surface area contributed by atoms with Crippen LogP contribution in [0.25, 0.3) is 0 Å². The summed E-state index contributed by atoms with van der Waals surface area (Å²) in [6.45, 7) is 1.18. The van der Waals surface area contributed by atoms with E-state index >= 15 is 0 Å². The number of amides is 1. The van der Waals surface area contributed by atoms with Gasteiger partial charge < -0.3 is 10.2 Å². The van der Waals surface area contributed by atoms with Crippen molar-refractivity contribution in [1.29, 1.82) is 0 Å². The van der Waals surface area contributed by atoms with Gasteiger partial charge in [0.15, 0.2) is 0 Å². The van der Waals surface area contributed by atoms with Crippen LogP contribution in [0.3, 0.4) is 0 Å². The Kier molecular flexibility index (Phi) is 4.35. The zero-order chi connectivity index (χ0) is 13.1. The summed E-state index contributed by atoms with van der Waals surface area (Å²) in [6.07, 6.45) is 1.39. The molecule has 2 rings (SSSR count). The molecule has 98 valence electrons. The summed E-state index contributed by atoms with van der Waals surface area (Å²) < 4.78 is 14.4. The van der Waals surface area contributed by atoms with Gasteiger partial charge in [-0.15, -0.1) is 0 Å². The van der Waals surface area contributed by atoms with Crippen LogP contribution in [0.5, 0.6) is 0 Å². The standard InChI is InChI=1S/C13H16BrFN2O/c1-17-8-11(4-5-13(17)18)16-7-9-2-3-10(14)6-12(9)15/h2-3,6,11,16H,4-5,7-8H2,1H3. The zero-order valence-electron chi connectivity index (χ0n) is 10.2. The van der Waals surface area contributed by atoms with Crippen molar-refractivity contribution in [2.24, 2.45) is 0 Å². The molecule has 0 spiro atoms. The molecule has 1 saturated heterocycles. The van der Waals surface area contributed by atoms with E-state index in [0.717, 1.165) is 10.9 Å². The summed E-state index contributed by atoms with van der Waals surface area (Å²) >= 11 is 3.23. The van der Waals surface area contributed by atoms with Gasteiger partial charge >= 0.3 is 0 Å². The van der Waals surface area contributed by atoms with E-state index in [-0.39, 0.29) is 17.8 Å². The van der Waals surface area contributed by atoms with Crippen molar-refractivity contribution in [2.75, 3.05) is 13.6 Å². The highest BCUT2D eigenvalue weighted by atomic mass is 79.9. The fraction of sp³-hybridized carbons (Fsp3) is 0.462. The Hall–Kier alpha value is -0.940. The Morgan fingerprint density at radius 1 is 1.56 bits per heavy atom. The number of hydrogen-bond acceptors (Lipinski definition) is 2. The van der Waals surface area contributed by atoms with Gasteiger partial charge in [0.25, 0.3) is 0 Å². The van der Waals surface area contributed by atoms with E-state index in [9.17, 15) is 9.18 Å². The molecule has 1 N–H and O–H groups in total. The lowest BCUT2D eigenvalue weighted by Crippen LogP contribution is -2.46. The largest absolute Gasteiger partial charge is 0.344 e. The molecular weight excluding hydrogens is 299 g/mol. The first kappa shape index (κ1) is 13.5. The number of carbonyl (C=O) groups excluding carboxylic acids is 1. The molecule has 1 amide bonds. The lowest BCUT2D eigenvalue weighted by molar-refractivity contribution is -0.132. The number of carbonyl (C=O) groups is 1. The van der Waals surface area contributed by atoms with E-state index in [1.807, 2.05) is 6.07 Å². The van der Waals surface area contributed by atoms with Crippen molar-refractivity contribution in [3.8, 4) is 0 Å². The molecule has 1 aromatic carbocycles. The third kappa shape index (κ3) is 3.29. The molecule has 1 heterocycles. The molecule has 0 radical (unpaired) electrons. The molecule has 1 unspecified atom stereocenters. The number of rotatable bonds is 3. The second-order valence-electron chi connectivity index (χ2n) is 4.63. The van der Waals surface area contributed by atoms with Crippen LogP contribution in [0.15, 0.2) is 22.7 Å². The van der Waals surface area contributed by atoms with Gasteiger partial charge in [-0.2, -0.15) is 0 Å². The molecule has 1 aromatic rings. The van der Waals surface area contributed by atoms with Crippen molar-refractivity contribution in [2.45, 2.75) is 25.4 Å². The van der Waals surface area contributed by atoms with Gasteiger partial charge in [0.2, 0.25) is 5.91 Å². The third-order valence-corrected chi connectivity index (χ3v) is 3.72. The SMILES string of the molecule is CN1CC(NCc2ccc(Br)cc2F)CCC1=O. The molecule has 1 fully saturated rings. The van der Waals surface area contributed by atoms with Crippen LogP contribution in [0.4, 0.5) is 4.39 Å². The second-order valence-corrected chi connectivity index (χ2v) is 5.54. The predicted octanol–water partition coefficient (Wildman–Crippen LogP) is 2.30. The van der Waals surface area contributed by atoms with Crippen LogP contribution >= 0.6 is 15.9 Å². The fourth-order valence-corrected chi connectivity index (χ4v) is 2.43. The first-order chi connectivity index (χ1) is 8.56. The highest BCUT2D eigenvalue weighted by Crippen LogP contribution is 2.16. The quantitative estimate of drug-likeness (QED) is 0.928. The number of likely N-dealkylation sites (N-methyl/N-ethyl adjacent to an activating group) is 1. The van der Waals surface area contributed by atoms with E-state index in [1.54, 1.807) is 18.0 Å². The smallest absolute Gasteiger partial charge is 0.222 e. The maximum absolute atomic E-state index is 13.6. The molecule has 0 saturated carbocycles. The molecule has 1 aliphatic rings. The molecular formula is C13H16BrFN2O. The summed E-state index contributed by atoms with van der Waals surface area (Å²) in [7, 11) is 1.80. The van der Waals surface area contributed by atoms with Gasteiger partial charge in [0, 0.05) is 42.6 Å². The fourth-order valence-electron chi connectivity index (χ4n) is 2.10. The van der Waals surface area contributed by atoms with Gasteiger partial charge in [-0.3, -0.25) is 4.79 Å².